The van der Waals surface area contributed by atoms with E-state index in [4.69, 9.17) is 9.47 Å². The van der Waals surface area contributed by atoms with Gasteiger partial charge in [-0.25, -0.2) is 9.59 Å². The van der Waals surface area contributed by atoms with Gasteiger partial charge in [-0.2, -0.15) is 0 Å². The number of carbonyl (C=O) groups is 2. The van der Waals surface area contributed by atoms with Gasteiger partial charge in [0, 0.05) is 12.6 Å². The molecule has 0 aliphatic carbocycles. The number of alkyl carbamates (subject to hydrolysis) is 2. The standard InChI is InChI=1S/C22H28N2O4/c1-2-3-14-20(24-22(26)28-17-19-12-8-5-9-13-19)15-23-21(25)27-16-18-10-6-4-7-11-18/h4-13,20H,2-3,14-17H2,1H3,(H,23,25)(H,24,26)/t20-/m1/s1. The monoisotopic (exact) mass is 384 g/mol. The van der Waals surface area contributed by atoms with Gasteiger partial charge in [0.1, 0.15) is 13.2 Å². The second kappa shape index (κ2) is 12.4. The van der Waals surface area contributed by atoms with Crippen LogP contribution in [0.4, 0.5) is 9.59 Å². The maximum absolute atomic E-state index is 12.1. The molecule has 0 aliphatic heterocycles. The Morgan fingerprint density at radius 3 is 1.93 bits per heavy atom. The van der Waals surface area contributed by atoms with Crippen molar-refractivity contribution in [3.05, 3.63) is 71.8 Å². The summed E-state index contributed by atoms with van der Waals surface area (Å²) in [7, 11) is 0. The summed E-state index contributed by atoms with van der Waals surface area (Å²) in [6.07, 6.45) is 1.67. The molecule has 6 nitrogen and oxygen atoms in total. The summed E-state index contributed by atoms with van der Waals surface area (Å²) in [6.45, 7) is 2.78. The molecule has 0 bridgehead atoms. The van der Waals surface area contributed by atoms with Gasteiger partial charge in [0.05, 0.1) is 0 Å². The highest BCUT2D eigenvalue weighted by Gasteiger charge is 2.15. The summed E-state index contributed by atoms with van der Waals surface area (Å²) in [5.41, 5.74) is 1.84. The molecule has 150 valence electrons. The topological polar surface area (TPSA) is 76.7 Å². The summed E-state index contributed by atoms with van der Waals surface area (Å²) < 4.78 is 10.5. The van der Waals surface area contributed by atoms with Crippen molar-refractivity contribution in [1.29, 1.82) is 0 Å². The van der Waals surface area contributed by atoms with E-state index in [9.17, 15) is 9.59 Å². The molecule has 2 aromatic carbocycles. The second-order valence-electron chi connectivity index (χ2n) is 6.49. The number of benzene rings is 2. The Labute approximate surface area is 166 Å². The highest BCUT2D eigenvalue weighted by molar-refractivity contribution is 5.69. The lowest BCUT2D eigenvalue weighted by molar-refractivity contribution is 0.129. The van der Waals surface area contributed by atoms with Crippen LogP contribution in [-0.4, -0.2) is 24.8 Å². The van der Waals surface area contributed by atoms with Gasteiger partial charge in [0.15, 0.2) is 0 Å². The highest BCUT2D eigenvalue weighted by atomic mass is 16.6. The highest BCUT2D eigenvalue weighted by Crippen LogP contribution is 2.04. The third-order valence-corrected chi connectivity index (χ3v) is 4.15. The number of ether oxygens (including phenoxy) is 2. The van der Waals surface area contributed by atoms with E-state index in [1.807, 2.05) is 60.7 Å². The average Bonchev–Trinajstić information content (AvgIpc) is 2.74. The molecular weight excluding hydrogens is 356 g/mol. The fraction of sp³-hybridized carbons (Fsp3) is 0.364. The lowest BCUT2D eigenvalue weighted by atomic mass is 10.1. The van der Waals surface area contributed by atoms with E-state index in [0.717, 1.165) is 30.4 Å². The van der Waals surface area contributed by atoms with E-state index in [0.29, 0.717) is 0 Å². The minimum Gasteiger partial charge on any atom is -0.445 e. The van der Waals surface area contributed by atoms with E-state index in [1.165, 1.54) is 0 Å². The quantitative estimate of drug-likeness (QED) is 0.637. The number of hydrogen-bond donors (Lipinski definition) is 2. The van der Waals surface area contributed by atoms with E-state index < -0.39 is 12.2 Å². The largest absolute Gasteiger partial charge is 0.445 e. The van der Waals surface area contributed by atoms with E-state index in [-0.39, 0.29) is 25.8 Å². The molecule has 0 radical (unpaired) electrons. The van der Waals surface area contributed by atoms with Crippen molar-refractivity contribution in [2.24, 2.45) is 0 Å². The SMILES string of the molecule is CCCC[C@H](CNC(=O)OCc1ccccc1)NC(=O)OCc1ccccc1. The molecule has 0 saturated heterocycles. The molecule has 0 aliphatic rings. The van der Waals surface area contributed by atoms with Crippen LogP contribution in [0.15, 0.2) is 60.7 Å². The van der Waals surface area contributed by atoms with Crippen LogP contribution in [0.1, 0.15) is 37.3 Å². The molecule has 2 N–H and O–H groups in total. The van der Waals surface area contributed by atoms with Crippen molar-refractivity contribution < 1.29 is 19.1 Å². The van der Waals surface area contributed by atoms with Gasteiger partial charge in [-0.15, -0.1) is 0 Å². The fourth-order valence-corrected chi connectivity index (χ4v) is 2.59. The predicted octanol–water partition coefficient (Wildman–Crippen LogP) is 4.40. The number of nitrogens with one attached hydrogen (secondary N) is 2. The molecule has 2 rings (SSSR count). The molecule has 28 heavy (non-hydrogen) atoms. The van der Waals surface area contributed by atoms with E-state index >= 15 is 0 Å². The maximum atomic E-state index is 12.1. The Balaban J connectivity index is 1.73. The normalized spacial score (nSPS) is 11.3. The van der Waals surface area contributed by atoms with Crippen LogP contribution >= 0.6 is 0 Å². The number of hydrogen-bond acceptors (Lipinski definition) is 4. The second-order valence-corrected chi connectivity index (χ2v) is 6.49. The van der Waals surface area contributed by atoms with Crippen LogP contribution in [0.25, 0.3) is 0 Å². The fourth-order valence-electron chi connectivity index (χ4n) is 2.59. The van der Waals surface area contributed by atoms with Crippen LogP contribution < -0.4 is 10.6 Å². The molecular formula is C22H28N2O4. The number of unbranched alkanes of at least 4 members (excludes halogenated alkanes) is 1. The Bertz CT molecular complexity index is 707. The Kier molecular flexibility index (Phi) is 9.41. The molecule has 2 amide bonds. The van der Waals surface area contributed by atoms with Crippen LogP contribution in [0.2, 0.25) is 0 Å². The first kappa shape index (κ1) is 21.3. The average molecular weight is 384 g/mol. The van der Waals surface area contributed by atoms with Crippen molar-refractivity contribution in [2.45, 2.75) is 45.4 Å². The predicted molar refractivity (Wildman–Crippen MR) is 108 cm³/mol. The number of rotatable bonds is 10. The zero-order valence-electron chi connectivity index (χ0n) is 16.2. The van der Waals surface area contributed by atoms with Gasteiger partial charge in [-0.05, 0) is 17.5 Å². The summed E-state index contributed by atoms with van der Waals surface area (Å²) in [4.78, 5) is 24.0. The number of amides is 2. The zero-order valence-corrected chi connectivity index (χ0v) is 16.2. The van der Waals surface area contributed by atoms with Gasteiger partial charge in [0.2, 0.25) is 0 Å². The molecule has 2 aromatic rings. The van der Waals surface area contributed by atoms with Gasteiger partial charge in [-0.1, -0.05) is 80.4 Å². The van der Waals surface area contributed by atoms with Gasteiger partial charge < -0.3 is 20.1 Å². The van der Waals surface area contributed by atoms with Crippen LogP contribution in [0.5, 0.6) is 0 Å². The third-order valence-electron chi connectivity index (χ3n) is 4.15. The Morgan fingerprint density at radius 1 is 0.857 bits per heavy atom. The summed E-state index contributed by atoms with van der Waals surface area (Å²) >= 11 is 0. The first-order valence-electron chi connectivity index (χ1n) is 9.59. The van der Waals surface area contributed by atoms with Gasteiger partial charge in [-0.3, -0.25) is 0 Å². The summed E-state index contributed by atoms with van der Waals surface area (Å²) in [6, 6.07) is 18.7. The molecule has 0 saturated carbocycles. The molecule has 1 atom stereocenters. The van der Waals surface area contributed by atoms with Gasteiger partial charge in [0.25, 0.3) is 0 Å². The van der Waals surface area contributed by atoms with Gasteiger partial charge >= 0.3 is 12.2 Å². The van der Waals surface area contributed by atoms with Crippen molar-refractivity contribution in [1.82, 2.24) is 10.6 Å². The van der Waals surface area contributed by atoms with Crippen molar-refractivity contribution in [3.63, 3.8) is 0 Å². The molecule has 0 spiro atoms. The first-order valence-corrected chi connectivity index (χ1v) is 9.59. The minimum absolute atomic E-state index is 0.207. The molecule has 0 unspecified atom stereocenters. The van der Waals surface area contributed by atoms with Crippen LogP contribution in [0.3, 0.4) is 0 Å². The molecule has 0 aromatic heterocycles. The maximum Gasteiger partial charge on any atom is 0.407 e. The first-order chi connectivity index (χ1) is 13.7. The van der Waals surface area contributed by atoms with Crippen LogP contribution in [0, 0.1) is 0 Å². The summed E-state index contributed by atoms with van der Waals surface area (Å²) in [5, 5.41) is 5.53. The third kappa shape index (κ3) is 8.58. The molecule has 6 heteroatoms. The smallest absolute Gasteiger partial charge is 0.407 e. The Hall–Kier alpha value is -3.02. The molecule has 0 fully saturated rings. The lowest BCUT2D eigenvalue weighted by Crippen LogP contribution is -2.44. The van der Waals surface area contributed by atoms with E-state index in [1.54, 1.807) is 0 Å². The zero-order chi connectivity index (χ0) is 20.0. The Morgan fingerprint density at radius 2 is 1.39 bits per heavy atom. The van der Waals surface area contributed by atoms with Crippen molar-refractivity contribution in [3.8, 4) is 0 Å². The van der Waals surface area contributed by atoms with Crippen molar-refractivity contribution >= 4 is 12.2 Å². The number of carbonyl (C=O) groups excluding carboxylic acids is 2. The van der Waals surface area contributed by atoms with Crippen LogP contribution in [-0.2, 0) is 22.7 Å². The minimum atomic E-state index is -0.509. The lowest BCUT2D eigenvalue weighted by Gasteiger charge is -2.19. The van der Waals surface area contributed by atoms with E-state index in [2.05, 4.69) is 17.6 Å². The van der Waals surface area contributed by atoms with Crippen molar-refractivity contribution in [2.75, 3.05) is 6.54 Å². The summed E-state index contributed by atoms with van der Waals surface area (Å²) in [5.74, 6) is 0. The molecule has 0 heterocycles.